The minimum Gasteiger partial charge on any atom is -0.434 e. The van der Waals surface area contributed by atoms with Crippen LogP contribution in [-0.2, 0) is 9.47 Å². The zero-order chi connectivity index (χ0) is 24.1. The molecule has 2 N–H and O–H groups in total. The molecule has 0 atom stereocenters. The van der Waals surface area contributed by atoms with E-state index in [1.807, 2.05) is 0 Å². The molecule has 2 rings (SSSR count). The monoisotopic (exact) mass is 458 g/mol. The highest BCUT2D eigenvalue weighted by atomic mass is 16.7. The van der Waals surface area contributed by atoms with Crippen molar-refractivity contribution in [3.05, 3.63) is 59.7 Å². The van der Waals surface area contributed by atoms with E-state index in [9.17, 15) is 19.2 Å². The highest BCUT2D eigenvalue weighted by Gasteiger charge is 2.10. The van der Waals surface area contributed by atoms with Crippen molar-refractivity contribution in [3.63, 3.8) is 0 Å². The Balaban J connectivity index is 1.68. The number of ether oxygens (including phenoxy) is 4. The molecule has 0 fully saturated rings. The maximum absolute atomic E-state index is 12.2. The molecule has 2 aromatic carbocycles. The third-order valence-electron chi connectivity index (χ3n) is 4.08. The van der Waals surface area contributed by atoms with Gasteiger partial charge in [-0.2, -0.15) is 0 Å². The molecule has 0 aliphatic carbocycles. The first-order chi connectivity index (χ1) is 15.9. The van der Waals surface area contributed by atoms with Crippen molar-refractivity contribution in [2.45, 2.75) is 20.3 Å². The predicted octanol–water partition coefficient (Wildman–Crippen LogP) is 3.31. The van der Waals surface area contributed by atoms with Crippen LogP contribution in [0.1, 0.15) is 41.0 Å². The summed E-state index contributed by atoms with van der Waals surface area (Å²) in [5.74, 6) is -0.0381. The van der Waals surface area contributed by atoms with Crippen LogP contribution in [0, 0.1) is 0 Å². The molecule has 2 aromatic rings. The fourth-order valence-electron chi connectivity index (χ4n) is 2.53. The second-order valence-corrected chi connectivity index (χ2v) is 6.48. The number of carbonyl (C=O) groups excluding carboxylic acids is 4. The van der Waals surface area contributed by atoms with E-state index in [1.165, 1.54) is 48.5 Å². The van der Waals surface area contributed by atoms with E-state index in [0.29, 0.717) is 30.6 Å². The Morgan fingerprint density at radius 3 is 1.33 bits per heavy atom. The Morgan fingerprint density at radius 1 is 0.636 bits per heavy atom. The van der Waals surface area contributed by atoms with Crippen molar-refractivity contribution in [3.8, 4) is 11.5 Å². The van der Waals surface area contributed by atoms with Gasteiger partial charge in [0.05, 0.1) is 13.2 Å². The molecule has 0 unspecified atom stereocenters. The van der Waals surface area contributed by atoms with E-state index in [4.69, 9.17) is 9.47 Å². The van der Waals surface area contributed by atoms with Gasteiger partial charge in [0.2, 0.25) is 0 Å². The second kappa shape index (κ2) is 13.4. The molecule has 0 aromatic heterocycles. The van der Waals surface area contributed by atoms with E-state index < -0.39 is 12.3 Å². The minimum atomic E-state index is -0.808. The minimum absolute atomic E-state index is 0.206. The van der Waals surface area contributed by atoms with Crippen molar-refractivity contribution in [1.29, 1.82) is 0 Å². The third-order valence-corrected chi connectivity index (χ3v) is 4.08. The first kappa shape index (κ1) is 25.2. The van der Waals surface area contributed by atoms with Gasteiger partial charge in [0.1, 0.15) is 11.5 Å². The highest BCUT2D eigenvalue weighted by Crippen LogP contribution is 2.14. The first-order valence-electron chi connectivity index (χ1n) is 10.4. The Morgan fingerprint density at radius 2 is 1.00 bits per heavy atom. The fraction of sp³-hybridized carbons (Fsp3) is 0.304. The van der Waals surface area contributed by atoms with Crippen LogP contribution < -0.4 is 20.1 Å². The van der Waals surface area contributed by atoms with Gasteiger partial charge in [-0.15, -0.1) is 0 Å². The summed E-state index contributed by atoms with van der Waals surface area (Å²) in [6, 6.07) is 12.1. The van der Waals surface area contributed by atoms with E-state index in [1.54, 1.807) is 13.8 Å². The normalized spacial score (nSPS) is 10.0. The third kappa shape index (κ3) is 8.90. The SMILES string of the molecule is CCOC(=O)Oc1ccc(C(=O)NCCCNC(=O)c2ccc(OC(=O)OCC)cc2)cc1. The fourth-order valence-corrected chi connectivity index (χ4v) is 2.53. The second-order valence-electron chi connectivity index (χ2n) is 6.48. The zero-order valence-corrected chi connectivity index (χ0v) is 18.4. The summed E-state index contributed by atoms with van der Waals surface area (Å²) >= 11 is 0. The van der Waals surface area contributed by atoms with Crippen LogP contribution >= 0.6 is 0 Å². The summed E-state index contributed by atoms with van der Waals surface area (Å²) in [7, 11) is 0. The Hall–Kier alpha value is -4.08. The van der Waals surface area contributed by atoms with Crippen LogP contribution in [0.15, 0.2) is 48.5 Å². The molecule has 0 aliphatic heterocycles. The maximum atomic E-state index is 12.2. The quantitative estimate of drug-likeness (QED) is 0.315. The van der Waals surface area contributed by atoms with E-state index in [0.717, 1.165) is 0 Å². The van der Waals surface area contributed by atoms with Gasteiger partial charge in [-0.25, -0.2) is 9.59 Å². The van der Waals surface area contributed by atoms with E-state index in [-0.39, 0.29) is 36.5 Å². The number of carbonyl (C=O) groups is 4. The molecule has 0 radical (unpaired) electrons. The molecule has 10 heteroatoms. The average Bonchev–Trinajstić information content (AvgIpc) is 2.80. The van der Waals surface area contributed by atoms with Crippen LogP contribution in [0.5, 0.6) is 11.5 Å². The van der Waals surface area contributed by atoms with Gasteiger partial charge in [-0.3, -0.25) is 9.59 Å². The molecular weight excluding hydrogens is 432 g/mol. The summed E-state index contributed by atoms with van der Waals surface area (Å²) in [4.78, 5) is 46.9. The molecule has 2 amide bonds. The lowest BCUT2D eigenvalue weighted by atomic mass is 10.2. The lowest BCUT2D eigenvalue weighted by Gasteiger charge is -2.08. The van der Waals surface area contributed by atoms with Gasteiger partial charge in [0.15, 0.2) is 0 Å². The number of amides is 2. The number of rotatable bonds is 10. The van der Waals surface area contributed by atoms with Crippen LogP contribution in [0.3, 0.4) is 0 Å². The van der Waals surface area contributed by atoms with Gasteiger partial charge >= 0.3 is 12.3 Å². The summed E-state index contributed by atoms with van der Waals surface area (Å²) in [6.45, 7) is 4.46. The largest absolute Gasteiger partial charge is 0.513 e. The topological polar surface area (TPSA) is 129 Å². The van der Waals surface area contributed by atoms with Crippen molar-refractivity contribution < 1.29 is 38.1 Å². The van der Waals surface area contributed by atoms with E-state index in [2.05, 4.69) is 20.1 Å². The molecule has 0 spiro atoms. The van der Waals surface area contributed by atoms with Crippen molar-refractivity contribution in [2.75, 3.05) is 26.3 Å². The predicted molar refractivity (Wildman–Crippen MR) is 117 cm³/mol. The number of benzene rings is 2. The Labute approximate surface area is 191 Å². The van der Waals surface area contributed by atoms with Gasteiger partial charge < -0.3 is 29.6 Å². The molecule has 0 aliphatic rings. The lowest BCUT2D eigenvalue weighted by Crippen LogP contribution is -2.29. The number of hydrogen-bond acceptors (Lipinski definition) is 8. The molecule has 0 bridgehead atoms. The molecule has 0 saturated heterocycles. The molecular formula is C23H26N2O8. The summed E-state index contributed by atoms with van der Waals surface area (Å²) in [6.07, 6.45) is -1.10. The average molecular weight is 458 g/mol. The standard InChI is InChI=1S/C23H26N2O8/c1-3-30-22(28)32-18-10-6-16(7-11-18)20(26)24-14-5-15-25-21(27)17-8-12-19(13-9-17)33-23(29)31-4-2/h6-13H,3-5,14-15H2,1-2H3,(H,24,26)(H,25,27). The smallest absolute Gasteiger partial charge is 0.434 e. The number of nitrogens with one attached hydrogen (secondary N) is 2. The van der Waals surface area contributed by atoms with Gasteiger partial charge in [0, 0.05) is 24.2 Å². The van der Waals surface area contributed by atoms with Crippen LogP contribution in [0.2, 0.25) is 0 Å². The van der Waals surface area contributed by atoms with Gasteiger partial charge in [0.25, 0.3) is 11.8 Å². The van der Waals surface area contributed by atoms with Crippen molar-refractivity contribution in [2.24, 2.45) is 0 Å². The molecule has 176 valence electrons. The van der Waals surface area contributed by atoms with Crippen molar-refractivity contribution >= 4 is 24.1 Å². The van der Waals surface area contributed by atoms with Crippen LogP contribution in [0.25, 0.3) is 0 Å². The Bertz CT molecular complexity index is 864. The van der Waals surface area contributed by atoms with Gasteiger partial charge in [-0.05, 0) is 68.8 Å². The van der Waals surface area contributed by atoms with Crippen LogP contribution in [0.4, 0.5) is 9.59 Å². The molecule has 0 heterocycles. The maximum Gasteiger partial charge on any atom is 0.513 e. The summed E-state index contributed by atoms with van der Waals surface area (Å²) in [5, 5.41) is 5.49. The number of hydrogen-bond donors (Lipinski definition) is 2. The zero-order valence-electron chi connectivity index (χ0n) is 18.4. The summed E-state index contributed by atoms with van der Waals surface area (Å²) < 4.78 is 19.2. The molecule has 33 heavy (non-hydrogen) atoms. The van der Waals surface area contributed by atoms with Gasteiger partial charge in [-0.1, -0.05) is 0 Å². The molecule has 0 saturated carbocycles. The van der Waals surface area contributed by atoms with Crippen molar-refractivity contribution in [1.82, 2.24) is 10.6 Å². The Kier molecular flexibility index (Phi) is 10.2. The molecule has 10 nitrogen and oxygen atoms in total. The lowest BCUT2D eigenvalue weighted by molar-refractivity contribution is 0.0950. The summed E-state index contributed by atoms with van der Waals surface area (Å²) in [5.41, 5.74) is 0.806. The first-order valence-corrected chi connectivity index (χ1v) is 10.4. The highest BCUT2D eigenvalue weighted by molar-refractivity contribution is 5.95. The van der Waals surface area contributed by atoms with Crippen LogP contribution in [-0.4, -0.2) is 50.4 Å². The van der Waals surface area contributed by atoms with E-state index >= 15 is 0 Å².